The highest BCUT2D eigenvalue weighted by Gasteiger charge is 2.52. The third-order valence-electron chi connectivity index (χ3n) is 2.01. The summed E-state index contributed by atoms with van der Waals surface area (Å²) in [6, 6.07) is 0. The number of carboxylic acid groups (broad SMARTS) is 1. The summed E-state index contributed by atoms with van der Waals surface area (Å²) in [6.45, 7) is 5.06. The molecule has 1 aliphatic rings. The van der Waals surface area contributed by atoms with Crippen LogP contribution in [0.3, 0.4) is 0 Å². The van der Waals surface area contributed by atoms with Crippen LogP contribution in [0.5, 0.6) is 0 Å². The Morgan fingerprint density at radius 1 is 1.50 bits per heavy atom. The summed E-state index contributed by atoms with van der Waals surface area (Å²) in [7, 11) is 0. The molecule has 2 atom stereocenters. The predicted molar refractivity (Wildman–Crippen MR) is 54.1 cm³/mol. The van der Waals surface area contributed by atoms with Gasteiger partial charge in [-0.2, -0.15) is 0 Å². The highest BCUT2D eigenvalue weighted by Crippen LogP contribution is 2.37. The van der Waals surface area contributed by atoms with E-state index in [4.69, 9.17) is 14.6 Å². The summed E-state index contributed by atoms with van der Waals surface area (Å²) < 4.78 is 10.8. The number of carbonyl (C=O) groups is 1. The van der Waals surface area contributed by atoms with Crippen molar-refractivity contribution in [3.63, 3.8) is 0 Å². The molecule has 1 aliphatic heterocycles. The zero-order valence-electron chi connectivity index (χ0n) is 8.28. The van der Waals surface area contributed by atoms with E-state index in [1.54, 1.807) is 31.8 Å². The molecule has 0 amide bonds. The van der Waals surface area contributed by atoms with Crippen LogP contribution in [0.15, 0.2) is 11.1 Å². The Balaban J connectivity index is 2.98. The summed E-state index contributed by atoms with van der Waals surface area (Å²) in [5, 5.41) is 8.95. The topological polar surface area (TPSA) is 55.8 Å². The largest absolute Gasteiger partial charge is 0.479 e. The van der Waals surface area contributed by atoms with Crippen LogP contribution in [0.2, 0.25) is 0 Å². The highest BCUT2D eigenvalue weighted by atomic mass is 79.9. The van der Waals surface area contributed by atoms with Gasteiger partial charge < -0.3 is 14.6 Å². The number of carboxylic acids is 1. The second-order valence-electron chi connectivity index (χ2n) is 3.81. The molecule has 0 aromatic carbocycles. The fourth-order valence-electron chi connectivity index (χ4n) is 1.55. The Kier molecular flexibility index (Phi) is 3.04. The normalized spacial score (nSPS) is 36.4. The Morgan fingerprint density at radius 2 is 2.07 bits per heavy atom. The van der Waals surface area contributed by atoms with Crippen LogP contribution >= 0.6 is 15.9 Å². The fourth-order valence-corrected chi connectivity index (χ4v) is 2.07. The van der Waals surface area contributed by atoms with Gasteiger partial charge in [-0.3, -0.25) is 0 Å². The Morgan fingerprint density at radius 3 is 2.50 bits per heavy atom. The molecular weight excluding hydrogens is 252 g/mol. The summed E-state index contributed by atoms with van der Waals surface area (Å²) in [5.41, 5.74) is -0.932. The molecule has 0 aromatic rings. The molecule has 0 aromatic heterocycles. The molecule has 1 heterocycles. The van der Waals surface area contributed by atoms with Crippen LogP contribution < -0.4 is 0 Å². The summed E-state index contributed by atoms with van der Waals surface area (Å²) in [5.74, 6) is -1.90. The zero-order valence-corrected chi connectivity index (χ0v) is 9.87. The van der Waals surface area contributed by atoms with Crippen molar-refractivity contribution in [3.05, 3.63) is 11.1 Å². The van der Waals surface area contributed by atoms with Gasteiger partial charge in [0.25, 0.3) is 0 Å². The second kappa shape index (κ2) is 3.64. The van der Waals surface area contributed by atoms with E-state index in [-0.39, 0.29) is 0 Å². The average Bonchev–Trinajstić information content (AvgIpc) is 2.21. The van der Waals surface area contributed by atoms with Gasteiger partial charge in [0, 0.05) is 0 Å². The SMILES string of the molecule is CC1(C)OC(C(=O)O)C(C)(C=CBr)O1. The van der Waals surface area contributed by atoms with Gasteiger partial charge in [0.15, 0.2) is 11.9 Å². The highest BCUT2D eigenvalue weighted by molar-refractivity contribution is 9.11. The maximum Gasteiger partial charge on any atom is 0.336 e. The van der Waals surface area contributed by atoms with Crippen molar-refractivity contribution in [3.8, 4) is 0 Å². The number of aliphatic carboxylic acids is 1. The van der Waals surface area contributed by atoms with E-state index in [9.17, 15) is 4.79 Å². The summed E-state index contributed by atoms with van der Waals surface area (Å²) in [6.07, 6.45) is 0.645. The van der Waals surface area contributed by atoms with Gasteiger partial charge in [0.2, 0.25) is 0 Å². The van der Waals surface area contributed by atoms with E-state index >= 15 is 0 Å². The predicted octanol–water partition coefficient (Wildman–Crippen LogP) is 1.89. The monoisotopic (exact) mass is 264 g/mol. The summed E-state index contributed by atoms with van der Waals surface area (Å²) in [4.78, 5) is 12.5. The second-order valence-corrected chi connectivity index (χ2v) is 4.34. The minimum Gasteiger partial charge on any atom is -0.479 e. The van der Waals surface area contributed by atoms with E-state index < -0.39 is 23.5 Å². The molecule has 0 aliphatic carbocycles. The van der Waals surface area contributed by atoms with Gasteiger partial charge in [-0.25, -0.2) is 4.79 Å². The molecule has 0 bridgehead atoms. The first-order valence-corrected chi connectivity index (χ1v) is 5.11. The molecule has 0 radical (unpaired) electrons. The van der Waals surface area contributed by atoms with Crippen LogP contribution in [0.4, 0.5) is 0 Å². The maximum absolute atomic E-state index is 10.9. The maximum atomic E-state index is 10.9. The number of hydrogen-bond donors (Lipinski definition) is 1. The number of hydrogen-bond acceptors (Lipinski definition) is 3. The van der Waals surface area contributed by atoms with Gasteiger partial charge in [-0.15, -0.1) is 0 Å². The Hall–Kier alpha value is -0.390. The van der Waals surface area contributed by atoms with Crippen molar-refractivity contribution in [1.29, 1.82) is 0 Å². The lowest BCUT2D eigenvalue weighted by Gasteiger charge is -2.22. The molecule has 14 heavy (non-hydrogen) atoms. The minimum atomic E-state index is -1.02. The van der Waals surface area contributed by atoms with E-state index in [0.29, 0.717) is 0 Å². The first kappa shape index (κ1) is 11.7. The van der Waals surface area contributed by atoms with Crippen molar-refractivity contribution in [2.45, 2.75) is 38.3 Å². The van der Waals surface area contributed by atoms with Crippen LogP contribution in [0.1, 0.15) is 20.8 Å². The molecule has 1 fully saturated rings. The number of rotatable bonds is 2. The van der Waals surface area contributed by atoms with Crippen molar-refractivity contribution in [1.82, 2.24) is 0 Å². The van der Waals surface area contributed by atoms with Gasteiger partial charge in [0.1, 0.15) is 5.60 Å². The summed E-state index contributed by atoms with van der Waals surface area (Å²) >= 11 is 3.10. The van der Waals surface area contributed by atoms with Crippen LogP contribution in [0, 0.1) is 0 Å². The van der Waals surface area contributed by atoms with Gasteiger partial charge in [-0.1, -0.05) is 15.9 Å². The standard InChI is InChI=1S/C9H13BrO4/c1-8(2)13-6(7(11)12)9(3,14-8)4-5-10/h4-6H,1-3H3,(H,11,12). The quantitative estimate of drug-likeness (QED) is 0.828. The number of halogens is 1. The molecule has 1 saturated heterocycles. The van der Waals surface area contributed by atoms with Crippen LogP contribution in [0.25, 0.3) is 0 Å². The minimum absolute atomic E-state index is 0.871. The molecule has 2 unspecified atom stereocenters. The van der Waals surface area contributed by atoms with E-state index in [0.717, 1.165) is 0 Å². The molecule has 5 heteroatoms. The molecule has 0 spiro atoms. The molecule has 1 rings (SSSR count). The molecule has 80 valence electrons. The first-order valence-electron chi connectivity index (χ1n) is 4.19. The lowest BCUT2D eigenvalue weighted by atomic mass is 10.00. The zero-order chi connectivity index (χ0) is 11.0. The Bertz CT molecular complexity index is 274. The molecule has 0 saturated carbocycles. The average molecular weight is 265 g/mol. The Labute approximate surface area is 91.0 Å². The lowest BCUT2D eigenvalue weighted by molar-refractivity contribution is -0.167. The van der Waals surface area contributed by atoms with Crippen LogP contribution in [-0.2, 0) is 14.3 Å². The molecule has 1 N–H and O–H groups in total. The molecule has 4 nitrogen and oxygen atoms in total. The van der Waals surface area contributed by atoms with E-state index in [2.05, 4.69) is 15.9 Å². The van der Waals surface area contributed by atoms with E-state index in [1.165, 1.54) is 0 Å². The molecular formula is C9H13BrO4. The van der Waals surface area contributed by atoms with Crippen molar-refractivity contribution >= 4 is 21.9 Å². The van der Waals surface area contributed by atoms with Crippen LogP contribution in [-0.4, -0.2) is 28.6 Å². The van der Waals surface area contributed by atoms with Crippen molar-refractivity contribution in [2.24, 2.45) is 0 Å². The van der Waals surface area contributed by atoms with E-state index in [1.807, 2.05) is 0 Å². The smallest absolute Gasteiger partial charge is 0.336 e. The van der Waals surface area contributed by atoms with Gasteiger partial charge in [0.05, 0.1) is 0 Å². The third kappa shape index (κ3) is 2.16. The van der Waals surface area contributed by atoms with Gasteiger partial charge in [-0.05, 0) is 31.8 Å². The first-order chi connectivity index (χ1) is 6.31. The third-order valence-corrected chi connectivity index (χ3v) is 2.27. The van der Waals surface area contributed by atoms with Gasteiger partial charge >= 0.3 is 5.97 Å². The lowest BCUT2D eigenvalue weighted by Crippen LogP contribution is -2.40. The number of ether oxygens (including phenoxy) is 2. The van der Waals surface area contributed by atoms with Crippen molar-refractivity contribution in [2.75, 3.05) is 0 Å². The van der Waals surface area contributed by atoms with Crippen molar-refractivity contribution < 1.29 is 19.4 Å². The fraction of sp³-hybridized carbons (Fsp3) is 0.667.